The Morgan fingerprint density at radius 1 is 1.37 bits per heavy atom. The number of nitro benzene ring substituents is 1. The van der Waals surface area contributed by atoms with Gasteiger partial charge in [0.1, 0.15) is 0 Å². The van der Waals surface area contributed by atoms with Crippen molar-refractivity contribution in [2.45, 2.75) is 6.42 Å². The van der Waals surface area contributed by atoms with E-state index in [2.05, 4.69) is 9.89 Å². The van der Waals surface area contributed by atoms with Crippen LogP contribution in [-0.2, 0) is 16.0 Å². The maximum atomic E-state index is 10.5. The van der Waals surface area contributed by atoms with Gasteiger partial charge in [0.25, 0.3) is 12.2 Å². The minimum Gasteiger partial charge on any atom is -0.467 e. The highest BCUT2D eigenvalue weighted by atomic mass is 16.6. The van der Waals surface area contributed by atoms with Gasteiger partial charge in [0.15, 0.2) is 5.76 Å². The second kappa shape index (κ2) is 5.76. The standard InChI is InChI=1S/C12H10N2O5/c15-8-18-6-5-10-7-12(19-13-10)9-1-3-11(4-2-9)14(16)17/h1-4,7-8H,5-6H2. The molecule has 0 atom stereocenters. The van der Waals surface area contributed by atoms with Gasteiger partial charge in [-0.05, 0) is 12.1 Å². The predicted molar refractivity (Wildman–Crippen MR) is 64.3 cm³/mol. The van der Waals surface area contributed by atoms with E-state index in [1.54, 1.807) is 18.2 Å². The number of non-ortho nitro benzene ring substituents is 1. The fourth-order valence-corrected chi connectivity index (χ4v) is 1.52. The van der Waals surface area contributed by atoms with Gasteiger partial charge >= 0.3 is 0 Å². The molecule has 0 unspecified atom stereocenters. The van der Waals surface area contributed by atoms with Crippen LogP contribution >= 0.6 is 0 Å². The number of carbonyl (C=O) groups excluding carboxylic acids is 1. The molecule has 0 bridgehead atoms. The average molecular weight is 262 g/mol. The van der Waals surface area contributed by atoms with Crippen LogP contribution in [0.15, 0.2) is 34.9 Å². The molecule has 1 aromatic carbocycles. The summed E-state index contributed by atoms with van der Waals surface area (Å²) in [6.07, 6.45) is 0.454. The molecule has 98 valence electrons. The Balaban J connectivity index is 2.09. The zero-order valence-electron chi connectivity index (χ0n) is 9.81. The molecule has 0 N–H and O–H groups in total. The van der Waals surface area contributed by atoms with E-state index in [-0.39, 0.29) is 12.3 Å². The second-order valence-corrected chi connectivity index (χ2v) is 3.70. The van der Waals surface area contributed by atoms with Gasteiger partial charge in [-0.3, -0.25) is 14.9 Å². The molecule has 0 amide bonds. The second-order valence-electron chi connectivity index (χ2n) is 3.70. The van der Waals surface area contributed by atoms with E-state index in [9.17, 15) is 14.9 Å². The molecule has 0 aliphatic rings. The zero-order valence-corrected chi connectivity index (χ0v) is 9.81. The zero-order chi connectivity index (χ0) is 13.7. The summed E-state index contributed by atoms with van der Waals surface area (Å²) in [5.74, 6) is 0.510. The number of hydrogen-bond donors (Lipinski definition) is 0. The van der Waals surface area contributed by atoms with E-state index >= 15 is 0 Å². The van der Waals surface area contributed by atoms with Crippen molar-refractivity contribution in [2.24, 2.45) is 0 Å². The average Bonchev–Trinajstić information content (AvgIpc) is 2.88. The molecule has 7 heteroatoms. The summed E-state index contributed by atoms with van der Waals surface area (Å²) < 4.78 is 9.68. The number of aromatic nitrogens is 1. The molecular weight excluding hydrogens is 252 g/mol. The Morgan fingerprint density at radius 3 is 2.74 bits per heavy atom. The number of nitrogens with zero attached hydrogens (tertiary/aromatic N) is 2. The van der Waals surface area contributed by atoms with Crippen molar-refractivity contribution < 1.29 is 19.0 Å². The maximum absolute atomic E-state index is 10.5. The summed E-state index contributed by atoms with van der Waals surface area (Å²) in [5.41, 5.74) is 1.36. The molecule has 0 spiro atoms. The molecule has 1 heterocycles. The van der Waals surface area contributed by atoms with Crippen LogP contribution in [0.5, 0.6) is 0 Å². The van der Waals surface area contributed by atoms with Crippen LogP contribution in [0.4, 0.5) is 5.69 Å². The number of ether oxygens (including phenoxy) is 1. The van der Waals surface area contributed by atoms with Crippen LogP contribution in [0.2, 0.25) is 0 Å². The van der Waals surface area contributed by atoms with Crippen molar-refractivity contribution in [1.29, 1.82) is 0 Å². The third-order valence-electron chi connectivity index (χ3n) is 2.47. The molecule has 7 nitrogen and oxygen atoms in total. The molecule has 1 aromatic heterocycles. The Kier molecular flexibility index (Phi) is 3.87. The molecule has 0 radical (unpaired) electrons. The summed E-state index contributed by atoms with van der Waals surface area (Å²) in [6.45, 7) is 0.604. The Labute approximate surface area is 107 Å². The Morgan fingerprint density at radius 2 is 2.11 bits per heavy atom. The van der Waals surface area contributed by atoms with Gasteiger partial charge in [-0.25, -0.2) is 0 Å². The summed E-state index contributed by atoms with van der Waals surface area (Å²) in [4.78, 5) is 20.0. The van der Waals surface area contributed by atoms with Gasteiger partial charge in [0, 0.05) is 30.2 Å². The fraction of sp³-hybridized carbons (Fsp3) is 0.167. The summed E-state index contributed by atoms with van der Waals surface area (Å²) in [7, 11) is 0. The van der Waals surface area contributed by atoms with Gasteiger partial charge in [-0.1, -0.05) is 5.16 Å². The molecule has 2 rings (SSSR count). The van der Waals surface area contributed by atoms with Crippen molar-refractivity contribution in [1.82, 2.24) is 5.16 Å². The minimum absolute atomic E-state index is 0.0165. The van der Waals surface area contributed by atoms with E-state index in [1.807, 2.05) is 0 Å². The molecular formula is C12H10N2O5. The van der Waals surface area contributed by atoms with E-state index in [0.717, 1.165) is 0 Å². The van der Waals surface area contributed by atoms with E-state index in [0.29, 0.717) is 29.9 Å². The van der Waals surface area contributed by atoms with Crippen LogP contribution in [-0.4, -0.2) is 23.2 Å². The van der Waals surface area contributed by atoms with Gasteiger partial charge in [-0.15, -0.1) is 0 Å². The number of carbonyl (C=O) groups is 1. The molecule has 2 aromatic rings. The van der Waals surface area contributed by atoms with Crippen LogP contribution in [0, 0.1) is 10.1 Å². The van der Waals surface area contributed by atoms with Gasteiger partial charge in [-0.2, -0.15) is 0 Å². The first-order chi connectivity index (χ1) is 9.20. The van der Waals surface area contributed by atoms with Crippen molar-refractivity contribution in [3.63, 3.8) is 0 Å². The van der Waals surface area contributed by atoms with Crippen LogP contribution in [0.1, 0.15) is 5.69 Å². The smallest absolute Gasteiger partial charge is 0.293 e. The van der Waals surface area contributed by atoms with Gasteiger partial charge < -0.3 is 9.26 Å². The first-order valence-electron chi connectivity index (χ1n) is 5.46. The fourth-order valence-electron chi connectivity index (χ4n) is 1.52. The summed E-state index contributed by atoms with van der Waals surface area (Å²) in [5, 5.41) is 14.3. The lowest BCUT2D eigenvalue weighted by Gasteiger charge is -1.94. The monoisotopic (exact) mass is 262 g/mol. The van der Waals surface area contributed by atoms with Crippen molar-refractivity contribution in [2.75, 3.05) is 6.61 Å². The van der Waals surface area contributed by atoms with Crippen molar-refractivity contribution >= 4 is 12.2 Å². The van der Waals surface area contributed by atoms with E-state index in [4.69, 9.17) is 4.52 Å². The van der Waals surface area contributed by atoms with Crippen molar-refractivity contribution in [3.05, 3.63) is 46.1 Å². The largest absolute Gasteiger partial charge is 0.467 e. The highest BCUT2D eigenvalue weighted by Crippen LogP contribution is 2.23. The lowest BCUT2D eigenvalue weighted by molar-refractivity contribution is -0.384. The van der Waals surface area contributed by atoms with Crippen LogP contribution < -0.4 is 0 Å². The molecule has 0 aliphatic heterocycles. The third kappa shape index (κ3) is 3.15. The molecule has 0 aliphatic carbocycles. The molecule has 0 saturated heterocycles. The lowest BCUT2D eigenvalue weighted by Crippen LogP contribution is -1.96. The number of rotatable bonds is 6. The number of hydrogen-bond acceptors (Lipinski definition) is 6. The minimum atomic E-state index is -0.466. The van der Waals surface area contributed by atoms with Gasteiger partial charge in [0.2, 0.25) is 0 Å². The molecule has 0 fully saturated rings. The summed E-state index contributed by atoms with van der Waals surface area (Å²) >= 11 is 0. The number of benzene rings is 1. The SMILES string of the molecule is O=COCCc1cc(-c2ccc([N+](=O)[O-])cc2)on1. The van der Waals surface area contributed by atoms with E-state index in [1.165, 1.54) is 12.1 Å². The molecule has 0 saturated carbocycles. The Bertz CT molecular complexity index is 576. The first kappa shape index (κ1) is 12.7. The van der Waals surface area contributed by atoms with Crippen LogP contribution in [0.3, 0.4) is 0 Å². The third-order valence-corrected chi connectivity index (χ3v) is 2.47. The highest BCUT2D eigenvalue weighted by Gasteiger charge is 2.09. The van der Waals surface area contributed by atoms with Gasteiger partial charge in [0.05, 0.1) is 17.2 Å². The number of nitro groups is 1. The lowest BCUT2D eigenvalue weighted by atomic mass is 10.1. The maximum Gasteiger partial charge on any atom is 0.293 e. The predicted octanol–water partition coefficient (Wildman–Crippen LogP) is 1.97. The Hall–Kier alpha value is -2.70. The van der Waals surface area contributed by atoms with E-state index < -0.39 is 4.92 Å². The summed E-state index contributed by atoms with van der Waals surface area (Å²) in [6, 6.07) is 7.67. The quantitative estimate of drug-likeness (QED) is 0.342. The normalized spacial score (nSPS) is 10.1. The first-order valence-corrected chi connectivity index (χ1v) is 5.46. The van der Waals surface area contributed by atoms with Crippen molar-refractivity contribution in [3.8, 4) is 11.3 Å². The highest BCUT2D eigenvalue weighted by molar-refractivity contribution is 5.59. The topological polar surface area (TPSA) is 95.5 Å². The molecule has 19 heavy (non-hydrogen) atoms. The van der Waals surface area contributed by atoms with Crippen LogP contribution in [0.25, 0.3) is 11.3 Å².